The minimum Gasteiger partial charge on any atom is -0.393 e. The Balaban J connectivity index is 2.90. The lowest BCUT2D eigenvalue weighted by molar-refractivity contribution is 0.0741. The highest BCUT2D eigenvalue weighted by atomic mass is 127. The molecular formula is C14H18ClIN2OS. The monoisotopic (exact) mass is 424 g/mol. The van der Waals surface area contributed by atoms with Crippen LogP contribution in [0.3, 0.4) is 0 Å². The summed E-state index contributed by atoms with van der Waals surface area (Å²) in [5.74, 6) is 0.345. The quantitative estimate of drug-likeness (QED) is 0.559. The first-order valence-electron chi connectivity index (χ1n) is 6.34. The standard InChI is InChI=1S/C14H18ClIN2OS/c1-9(2)8-18(6-5-13(17)20)14(19)10-3-4-12(16)11(15)7-10/h3-4,7,9H,5-6,8H2,1-2H3,(H2,17,20). The molecule has 20 heavy (non-hydrogen) atoms. The highest BCUT2D eigenvalue weighted by molar-refractivity contribution is 14.1. The molecule has 1 aromatic carbocycles. The summed E-state index contributed by atoms with van der Waals surface area (Å²) in [6.07, 6.45) is 0.534. The molecule has 0 fully saturated rings. The fraction of sp³-hybridized carbons (Fsp3) is 0.429. The number of carbonyl (C=O) groups is 1. The zero-order chi connectivity index (χ0) is 15.3. The molecule has 0 radical (unpaired) electrons. The first-order chi connectivity index (χ1) is 9.31. The van der Waals surface area contributed by atoms with Crippen molar-refractivity contribution in [1.29, 1.82) is 0 Å². The van der Waals surface area contributed by atoms with Crippen LogP contribution >= 0.6 is 46.4 Å². The Morgan fingerprint density at radius 3 is 2.65 bits per heavy atom. The molecule has 0 aliphatic heterocycles. The van der Waals surface area contributed by atoms with Crippen LogP contribution in [-0.4, -0.2) is 28.9 Å². The fourth-order valence-corrected chi connectivity index (χ4v) is 2.38. The normalized spacial score (nSPS) is 10.7. The fourth-order valence-electron chi connectivity index (χ4n) is 1.77. The molecule has 110 valence electrons. The van der Waals surface area contributed by atoms with Crippen molar-refractivity contribution in [2.75, 3.05) is 13.1 Å². The molecule has 6 heteroatoms. The van der Waals surface area contributed by atoms with E-state index in [1.807, 2.05) is 6.07 Å². The van der Waals surface area contributed by atoms with Gasteiger partial charge in [0.15, 0.2) is 0 Å². The highest BCUT2D eigenvalue weighted by Gasteiger charge is 2.17. The molecule has 0 saturated heterocycles. The first kappa shape index (κ1) is 17.7. The number of thiocarbonyl (C=S) groups is 1. The van der Waals surface area contributed by atoms with Crippen LogP contribution in [-0.2, 0) is 0 Å². The maximum atomic E-state index is 12.5. The number of nitrogens with two attached hydrogens (primary N) is 1. The van der Waals surface area contributed by atoms with Crippen LogP contribution in [0.1, 0.15) is 30.6 Å². The smallest absolute Gasteiger partial charge is 0.253 e. The third kappa shape index (κ3) is 5.54. The Morgan fingerprint density at radius 1 is 1.50 bits per heavy atom. The molecule has 0 heterocycles. The summed E-state index contributed by atoms with van der Waals surface area (Å²) >= 11 is 13.1. The van der Waals surface area contributed by atoms with Gasteiger partial charge in [-0.2, -0.15) is 0 Å². The Labute approximate surface area is 144 Å². The van der Waals surface area contributed by atoms with Crippen molar-refractivity contribution in [2.45, 2.75) is 20.3 Å². The molecule has 0 spiro atoms. The second kappa shape index (κ2) is 8.14. The molecule has 1 amide bonds. The average molecular weight is 425 g/mol. The summed E-state index contributed by atoms with van der Waals surface area (Å²) in [5.41, 5.74) is 6.12. The molecule has 1 aromatic rings. The highest BCUT2D eigenvalue weighted by Crippen LogP contribution is 2.20. The van der Waals surface area contributed by atoms with Gasteiger partial charge in [-0.15, -0.1) is 0 Å². The number of rotatable bonds is 6. The third-order valence-electron chi connectivity index (χ3n) is 2.67. The molecule has 3 nitrogen and oxygen atoms in total. The Hall–Kier alpha value is -0.400. The van der Waals surface area contributed by atoms with E-state index in [0.29, 0.717) is 41.0 Å². The Bertz CT molecular complexity index is 508. The average Bonchev–Trinajstić information content (AvgIpc) is 2.36. The number of amides is 1. The molecule has 0 aromatic heterocycles. The lowest BCUT2D eigenvalue weighted by atomic mass is 10.1. The number of hydrogen-bond donors (Lipinski definition) is 1. The van der Waals surface area contributed by atoms with Crippen molar-refractivity contribution in [3.63, 3.8) is 0 Å². The van der Waals surface area contributed by atoms with Gasteiger partial charge in [0, 0.05) is 28.6 Å². The molecule has 1 rings (SSSR count). The molecule has 0 atom stereocenters. The Morgan fingerprint density at radius 2 is 2.15 bits per heavy atom. The summed E-state index contributed by atoms with van der Waals surface area (Å²) in [6, 6.07) is 5.35. The lowest BCUT2D eigenvalue weighted by Gasteiger charge is -2.24. The molecule has 0 aliphatic carbocycles. The van der Waals surface area contributed by atoms with E-state index in [1.165, 1.54) is 0 Å². The molecule has 0 aliphatic rings. The van der Waals surface area contributed by atoms with Gasteiger partial charge in [0.25, 0.3) is 5.91 Å². The van der Waals surface area contributed by atoms with Gasteiger partial charge in [-0.25, -0.2) is 0 Å². The first-order valence-corrected chi connectivity index (χ1v) is 8.20. The van der Waals surface area contributed by atoms with Crippen LogP contribution in [0.2, 0.25) is 5.02 Å². The minimum absolute atomic E-state index is 0.0340. The molecule has 0 saturated carbocycles. The minimum atomic E-state index is -0.0340. The topological polar surface area (TPSA) is 46.3 Å². The van der Waals surface area contributed by atoms with E-state index in [2.05, 4.69) is 36.4 Å². The second-order valence-electron chi connectivity index (χ2n) is 4.99. The van der Waals surface area contributed by atoms with Crippen LogP contribution in [0.5, 0.6) is 0 Å². The van der Waals surface area contributed by atoms with Gasteiger partial charge in [-0.1, -0.05) is 37.7 Å². The van der Waals surface area contributed by atoms with Crippen molar-refractivity contribution in [3.05, 3.63) is 32.4 Å². The second-order valence-corrected chi connectivity index (χ2v) is 7.08. The van der Waals surface area contributed by atoms with Gasteiger partial charge in [0.05, 0.1) is 10.0 Å². The molecule has 2 N–H and O–H groups in total. The van der Waals surface area contributed by atoms with Crippen molar-refractivity contribution in [2.24, 2.45) is 11.7 Å². The van der Waals surface area contributed by atoms with Crippen LogP contribution in [0, 0.1) is 9.49 Å². The Kier molecular flexibility index (Phi) is 7.19. The van der Waals surface area contributed by atoms with E-state index >= 15 is 0 Å². The summed E-state index contributed by atoms with van der Waals surface area (Å²) in [7, 11) is 0. The SMILES string of the molecule is CC(C)CN(CCC(N)=S)C(=O)c1ccc(I)c(Cl)c1. The van der Waals surface area contributed by atoms with Gasteiger partial charge in [0.2, 0.25) is 0 Å². The predicted molar refractivity (Wildman–Crippen MR) is 96.3 cm³/mol. The maximum absolute atomic E-state index is 12.5. The van der Waals surface area contributed by atoms with Gasteiger partial charge < -0.3 is 10.6 Å². The van der Waals surface area contributed by atoms with Gasteiger partial charge >= 0.3 is 0 Å². The van der Waals surface area contributed by atoms with Crippen LogP contribution in [0.15, 0.2) is 18.2 Å². The van der Waals surface area contributed by atoms with Crippen LogP contribution in [0.4, 0.5) is 0 Å². The number of nitrogens with zero attached hydrogens (tertiary/aromatic N) is 1. The molecule has 0 bridgehead atoms. The number of benzene rings is 1. The van der Waals surface area contributed by atoms with Gasteiger partial charge in [-0.05, 0) is 46.7 Å². The van der Waals surface area contributed by atoms with Gasteiger partial charge in [0.1, 0.15) is 0 Å². The zero-order valence-electron chi connectivity index (χ0n) is 11.5. The van der Waals surface area contributed by atoms with Crippen LogP contribution < -0.4 is 5.73 Å². The van der Waals surface area contributed by atoms with E-state index in [1.54, 1.807) is 17.0 Å². The number of halogens is 2. The van der Waals surface area contributed by atoms with Crippen molar-refractivity contribution >= 4 is 57.3 Å². The van der Waals surface area contributed by atoms with E-state index < -0.39 is 0 Å². The van der Waals surface area contributed by atoms with Crippen molar-refractivity contribution in [1.82, 2.24) is 4.90 Å². The van der Waals surface area contributed by atoms with Crippen molar-refractivity contribution < 1.29 is 4.79 Å². The largest absolute Gasteiger partial charge is 0.393 e. The third-order valence-corrected chi connectivity index (χ3v) is 4.44. The molecular weight excluding hydrogens is 407 g/mol. The molecule has 0 unspecified atom stereocenters. The van der Waals surface area contributed by atoms with E-state index in [-0.39, 0.29) is 5.91 Å². The summed E-state index contributed by atoms with van der Waals surface area (Å²) < 4.78 is 0.930. The van der Waals surface area contributed by atoms with E-state index in [0.717, 1.165) is 3.57 Å². The number of carbonyl (C=O) groups excluding carboxylic acids is 1. The maximum Gasteiger partial charge on any atom is 0.253 e. The summed E-state index contributed by atoms with van der Waals surface area (Å²) in [5, 5.41) is 0.593. The number of hydrogen-bond acceptors (Lipinski definition) is 2. The predicted octanol–water partition coefficient (Wildman–Crippen LogP) is 3.72. The van der Waals surface area contributed by atoms with Crippen molar-refractivity contribution in [3.8, 4) is 0 Å². The van der Waals surface area contributed by atoms with E-state index in [4.69, 9.17) is 29.6 Å². The summed E-state index contributed by atoms with van der Waals surface area (Å²) in [4.78, 5) is 14.7. The van der Waals surface area contributed by atoms with E-state index in [9.17, 15) is 4.79 Å². The summed E-state index contributed by atoms with van der Waals surface area (Å²) in [6.45, 7) is 5.35. The van der Waals surface area contributed by atoms with Gasteiger partial charge in [-0.3, -0.25) is 4.79 Å². The lowest BCUT2D eigenvalue weighted by Crippen LogP contribution is -2.36. The van der Waals surface area contributed by atoms with Crippen LogP contribution in [0.25, 0.3) is 0 Å². The zero-order valence-corrected chi connectivity index (χ0v) is 15.3.